The Morgan fingerprint density at radius 3 is 2.94 bits per heavy atom. The van der Waals surface area contributed by atoms with Gasteiger partial charge in [0, 0.05) is 34.8 Å². The average Bonchev–Trinajstić information content (AvgIpc) is 2.93. The van der Waals surface area contributed by atoms with Crippen LogP contribution < -0.4 is 5.73 Å². The summed E-state index contributed by atoms with van der Waals surface area (Å²) in [6.45, 7) is 2.59. The first-order chi connectivity index (χ1) is 8.79. The van der Waals surface area contributed by atoms with Crippen LogP contribution >= 0.6 is 0 Å². The molecule has 0 amide bonds. The second-order valence-electron chi connectivity index (χ2n) is 4.44. The van der Waals surface area contributed by atoms with Gasteiger partial charge in [0.05, 0.1) is 5.69 Å². The van der Waals surface area contributed by atoms with Crippen molar-refractivity contribution in [3.05, 3.63) is 42.0 Å². The normalized spacial score (nSPS) is 11.2. The number of hydrogen-bond acceptors (Lipinski definition) is 2. The third-order valence-electron chi connectivity index (χ3n) is 3.14. The van der Waals surface area contributed by atoms with Gasteiger partial charge in [-0.3, -0.25) is 0 Å². The number of nitrogens with one attached hydrogen (secondary N) is 2. The molecular weight excluding hydrogens is 224 g/mol. The van der Waals surface area contributed by atoms with Crippen molar-refractivity contribution in [1.82, 2.24) is 15.0 Å². The Labute approximate surface area is 105 Å². The van der Waals surface area contributed by atoms with Crippen LogP contribution in [0.4, 0.5) is 0 Å². The van der Waals surface area contributed by atoms with E-state index in [1.54, 1.807) is 0 Å². The predicted octanol–water partition coefficient (Wildman–Crippen LogP) is 2.37. The van der Waals surface area contributed by atoms with E-state index in [2.05, 4.69) is 27.1 Å². The van der Waals surface area contributed by atoms with E-state index in [0.29, 0.717) is 6.54 Å². The first kappa shape index (κ1) is 11.0. The number of nitrogens with two attached hydrogens (primary N) is 1. The van der Waals surface area contributed by atoms with Gasteiger partial charge in [0.25, 0.3) is 0 Å². The van der Waals surface area contributed by atoms with Gasteiger partial charge in [-0.1, -0.05) is 18.2 Å². The second kappa shape index (κ2) is 4.31. The van der Waals surface area contributed by atoms with Crippen LogP contribution in [0.2, 0.25) is 0 Å². The first-order valence-electron chi connectivity index (χ1n) is 6.11. The lowest BCUT2D eigenvalue weighted by molar-refractivity contribution is 0.930. The van der Waals surface area contributed by atoms with Crippen molar-refractivity contribution in [2.75, 3.05) is 6.54 Å². The van der Waals surface area contributed by atoms with Crippen molar-refractivity contribution in [2.45, 2.75) is 13.3 Å². The molecule has 0 aliphatic heterocycles. The molecule has 3 rings (SSSR count). The van der Waals surface area contributed by atoms with Crippen molar-refractivity contribution >= 4 is 10.9 Å². The number of aromatic nitrogens is 3. The molecule has 0 aliphatic carbocycles. The number of imidazole rings is 1. The third-order valence-corrected chi connectivity index (χ3v) is 3.14. The van der Waals surface area contributed by atoms with E-state index in [9.17, 15) is 0 Å². The molecule has 0 fully saturated rings. The maximum Gasteiger partial charge on any atom is 0.103 e. The molecule has 4 N–H and O–H groups in total. The molecule has 0 atom stereocenters. The number of aromatic amines is 2. The second-order valence-corrected chi connectivity index (χ2v) is 4.44. The Hall–Kier alpha value is -2.07. The van der Waals surface area contributed by atoms with Gasteiger partial charge in [-0.15, -0.1) is 0 Å². The Morgan fingerprint density at radius 1 is 1.28 bits per heavy atom. The van der Waals surface area contributed by atoms with Gasteiger partial charge in [-0.25, -0.2) is 4.98 Å². The molecular formula is C14H16N4. The largest absolute Gasteiger partial charge is 0.360 e. The van der Waals surface area contributed by atoms with E-state index in [1.807, 2.05) is 25.3 Å². The fourth-order valence-electron chi connectivity index (χ4n) is 2.36. The van der Waals surface area contributed by atoms with Gasteiger partial charge in [0.15, 0.2) is 0 Å². The molecule has 2 heterocycles. The monoisotopic (exact) mass is 240 g/mol. The zero-order valence-electron chi connectivity index (χ0n) is 10.3. The molecule has 4 heteroatoms. The van der Waals surface area contributed by atoms with Crippen LogP contribution in [-0.2, 0) is 6.42 Å². The average molecular weight is 240 g/mol. The smallest absolute Gasteiger partial charge is 0.103 e. The van der Waals surface area contributed by atoms with E-state index in [4.69, 9.17) is 5.73 Å². The van der Waals surface area contributed by atoms with E-state index in [-0.39, 0.29) is 0 Å². The van der Waals surface area contributed by atoms with Gasteiger partial charge in [-0.2, -0.15) is 0 Å². The molecule has 92 valence electrons. The molecule has 0 radical (unpaired) electrons. The maximum atomic E-state index is 5.65. The lowest BCUT2D eigenvalue weighted by Crippen LogP contribution is -2.04. The highest BCUT2D eigenvalue weighted by Crippen LogP contribution is 2.29. The fraction of sp³-hybridized carbons (Fsp3) is 0.214. The predicted molar refractivity (Wildman–Crippen MR) is 73.4 cm³/mol. The van der Waals surface area contributed by atoms with Crippen LogP contribution in [0.25, 0.3) is 22.2 Å². The summed E-state index contributed by atoms with van der Waals surface area (Å²) in [4.78, 5) is 11.2. The molecule has 0 unspecified atom stereocenters. The van der Waals surface area contributed by atoms with Crippen LogP contribution in [0, 0.1) is 6.92 Å². The summed E-state index contributed by atoms with van der Waals surface area (Å²) < 4.78 is 0. The Bertz CT molecular complexity index is 678. The summed E-state index contributed by atoms with van der Waals surface area (Å²) >= 11 is 0. The summed E-state index contributed by atoms with van der Waals surface area (Å²) in [7, 11) is 0. The molecule has 2 aromatic heterocycles. The summed E-state index contributed by atoms with van der Waals surface area (Å²) in [5.41, 5.74) is 10.0. The summed E-state index contributed by atoms with van der Waals surface area (Å²) in [5, 5.41) is 1.20. The minimum Gasteiger partial charge on any atom is -0.360 e. The number of H-pyrrole nitrogens is 2. The van der Waals surface area contributed by atoms with Crippen LogP contribution in [0.3, 0.4) is 0 Å². The highest BCUT2D eigenvalue weighted by molar-refractivity contribution is 5.95. The molecule has 0 bridgehead atoms. The van der Waals surface area contributed by atoms with Crippen molar-refractivity contribution < 1.29 is 0 Å². The van der Waals surface area contributed by atoms with Crippen molar-refractivity contribution in [2.24, 2.45) is 5.73 Å². The van der Waals surface area contributed by atoms with Crippen molar-refractivity contribution in [3.8, 4) is 11.3 Å². The van der Waals surface area contributed by atoms with Gasteiger partial charge < -0.3 is 15.7 Å². The highest BCUT2D eigenvalue weighted by Gasteiger charge is 2.13. The third kappa shape index (κ3) is 1.71. The highest BCUT2D eigenvalue weighted by atomic mass is 14.9. The molecule has 0 aliphatic rings. The number of hydrogen-bond donors (Lipinski definition) is 3. The maximum absolute atomic E-state index is 5.65. The topological polar surface area (TPSA) is 70.5 Å². The van der Waals surface area contributed by atoms with Gasteiger partial charge in [-0.05, 0) is 19.5 Å². The lowest BCUT2D eigenvalue weighted by atomic mass is 10.1. The Balaban J connectivity index is 2.19. The number of fused-ring (bicyclic) bond motifs is 1. The van der Waals surface area contributed by atoms with E-state index >= 15 is 0 Å². The number of benzene rings is 1. The number of rotatable bonds is 3. The van der Waals surface area contributed by atoms with Crippen LogP contribution in [0.1, 0.15) is 11.5 Å². The van der Waals surface area contributed by atoms with Gasteiger partial charge in [0.2, 0.25) is 0 Å². The summed E-state index contributed by atoms with van der Waals surface area (Å²) in [6, 6.07) is 8.25. The molecule has 0 saturated heterocycles. The van der Waals surface area contributed by atoms with Crippen molar-refractivity contribution in [1.29, 1.82) is 0 Å². The van der Waals surface area contributed by atoms with E-state index in [0.717, 1.165) is 34.7 Å². The lowest BCUT2D eigenvalue weighted by Gasteiger charge is -1.99. The number of aryl methyl sites for hydroxylation is 1. The van der Waals surface area contributed by atoms with Crippen LogP contribution in [0.5, 0.6) is 0 Å². The zero-order chi connectivity index (χ0) is 12.5. The quantitative estimate of drug-likeness (QED) is 0.657. The molecule has 1 aromatic carbocycles. The minimum absolute atomic E-state index is 0.622. The van der Waals surface area contributed by atoms with Gasteiger partial charge >= 0.3 is 0 Å². The number of para-hydroxylation sites is 1. The minimum atomic E-state index is 0.622. The van der Waals surface area contributed by atoms with Gasteiger partial charge in [0.1, 0.15) is 5.82 Å². The summed E-state index contributed by atoms with van der Waals surface area (Å²) in [5.74, 6) is 0.929. The molecule has 18 heavy (non-hydrogen) atoms. The zero-order valence-corrected chi connectivity index (χ0v) is 10.3. The molecule has 0 spiro atoms. The van der Waals surface area contributed by atoms with Crippen LogP contribution in [0.15, 0.2) is 30.5 Å². The number of nitrogens with zero attached hydrogens (tertiary/aromatic N) is 1. The van der Waals surface area contributed by atoms with E-state index < -0.39 is 0 Å². The SMILES string of the molecule is Cc1nc(-c2c[nH]c3ccccc23)c(CCN)[nH]1. The Morgan fingerprint density at radius 2 is 2.11 bits per heavy atom. The fourth-order valence-corrected chi connectivity index (χ4v) is 2.36. The standard InChI is InChI=1S/C14H16N4/c1-9-17-13(6-7-15)14(18-9)11-8-16-12-5-3-2-4-10(11)12/h2-5,8,16H,6-7,15H2,1H3,(H,17,18). The van der Waals surface area contributed by atoms with Crippen LogP contribution in [-0.4, -0.2) is 21.5 Å². The first-order valence-corrected chi connectivity index (χ1v) is 6.11. The molecule has 0 saturated carbocycles. The Kier molecular flexibility index (Phi) is 2.64. The summed E-state index contributed by atoms with van der Waals surface area (Å²) in [6.07, 6.45) is 2.83. The molecule has 3 aromatic rings. The van der Waals surface area contributed by atoms with E-state index in [1.165, 1.54) is 5.39 Å². The molecule has 4 nitrogen and oxygen atoms in total. The van der Waals surface area contributed by atoms with Crippen molar-refractivity contribution in [3.63, 3.8) is 0 Å².